The van der Waals surface area contributed by atoms with Crippen molar-refractivity contribution in [3.05, 3.63) is 11.0 Å². The highest BCUT2D eigenvalue weighted by Gasteiger charge is 2.97. The molecule has 0 heterocycles. The lowest BCUT2D eigenvalue weighted by molar-refractivity contribution is -0.467. The minimum Gasteiger partial charge on any atom is -0.280 e. The molecule has 0 aliphatic carbocycles. The van der Waals surface area contributed by atoms with Crippen LogP contribution in [-0.4, -0.2) is 66.5 Å². The Kier molecular flexibility index (Phi) is 7.92. The van der Waals surface area contributed by atoms with E-state index in [0.717, 1.165) is 0 Å². The summed E-state index contributed by atoms with van der Waals surface area (Å²) in [6.45, 7) is 0. The van der Waals surface area contributed by atoms with Crippen LogP contribution in [0.5, 0.6) is 0 Å². The molecule has 0 saturated heterocycles. The minimum absolute atomic E-state index is 4.60. The van der Waals surface area contributed by atoms with Crippen LogP contribution in [0.4, 0.5) is 92.2 Å². The van der Waals surface area contributed by atoms with Crippen LogP contribution in [0.3, 0.4) is 0 Å². The molecule has 3 nitrogen and oxygen atoms in total. The van der Waals surface area contributed by atoms with Gasteiger partial charge in [-0.25, -0.2) is 4.39 Å². The fraction of sp³-hybridized carbons (Fsp3) is 0.818. The van der Waals surface area contributed by atoms with Crippen molar-refractivity contribution < 1.29 is 105 Å². The first kappa shape index (κ1) is 34.2. The maximum Gasteiger partial charge on any atom is 0.460 e. The molecule has 216 valence electrons. The van der Waals surface area contributed by atoms with Gasteiger partial charge in [-0.1, -0.05) is 0 Å². The minimum atomic E-state index is -9.29. The van der Waals surface area contributed by atoms with Crippen molar-refractivity contribution in [2.75, 3.05) is 0 Å². The van der Waals surface area contributed by atoms with Crippen LogP contribution >= 0.6 is 0 Å². The third kappa shape index (κ3) is 4.21. The van der Waals surface area contributed by atoms with E-state index in [1.165, 1.54) is 0 Å². The molecule has 0 saturated carbocycles. The largest absolute Gasteiger partial charge is 0.460 e. The third-order valence-corrected chi connectivity index (χ3v) is 4.42. The van der Waals surface area contributed by atoms with E-state index in [-0.39, 0.29) is 0 Å². The summed E-state index contributed by atoms with van der Waals surface area (Å²) in [6, 6.07) is 0. The summed E-state index contributed by atoms with van der Waals surface area (Å²) < 4.78 is 300. The van der Waals surface area contributed by atoms with E-state index in [0.29, 0.717) is 0 Å². The molecular weight excluding hydrogens is 611 g/mol. The SMILES string of the molecule is O=S(=O)(O)/C(F)=C(\F)C(F)(F)C(F)(F)C(F)(F)C(F)(F)C(F)(F)C(F)(F)C(F)(F)C(F)(F)C(F)(F)F. The zero-order chi connectivity index (χ0) is 30.2. The lowest BCUT2D eigenvalue weighted by atomic mass is 9.87. The summed E-state index contributed by atoms with van der Waals surface area (Å²) in [7, 11) is -7.09. The normalized spacial score (nSPS) is 17.3. The predicted molar refractivity (Wildman–Crippen MR) is 66.4 cm³/mol. The highest BCUT2D eigenvalue weighted by atomic mass is 32.2. The molecule has 0 bridgehead atoms. The molecule has 0 aromatic heterocycles. The molecule has 1 N–H and O–H groups in total. The molecule has 0 aromatic carbocycles. The van der Waals surface area contributed by atoms with Crippen LogP contribution in [-0.2, 0) is 10.1 Å². The number of halogens is 21. The highest BCUT2D eigenvalue weighted by Crippen LogP contribution is 2.65. The van der Waals surface area contributed by atoms with Gasteiger partial charge in [-0.05, 0) is 0 Å². The second kappa shape index (κ2) is 8.34. The zero-order valence-corrected chi connectivity index (χ0v) is 15.9. The van der Waals surface area contributed by atoms with Crippen molar-refractivity contribution in [3.8, 4) is 0 Å². The standard InChI is InChI=1S/C11HF21O3S/c12-1(2(13)36(33,34)35)3(14,15)4(16,17)5(18,19)6(20,21)7(22,23)8(24,25)9(26,27)10(28,29)11(30,31)32/h(H,33,34,35)/b2-1-. The Labute approximate surface area is 181 Å². The van der Waals surface area contributed by atoms with E-state index in [1.807, 2.05) is 0 Å². The van der Waals surface area contributed by atoms with Crippen molar-refractivity contribution in [1.82, 2.24) is 0 Å². The Morgan fingerprint density at radius 1 is 0.444 bits per heavy atom. The van der Waals surface area contributed by atoms with E-state index in [4.69, 9.17) is 4.55 Å². The lowest BCUT2D eigenvalue weighted by Gasteiger charge is -2.43. The fourth-order valence-corrected chi connectivity index (χ4v) is 2.09. The number of rotatable bonds is 9. The summed E-state index contributed by atoms with van der Waals surface area (Å²) in [5.74, 6) is -76.6. The van der Waals surface area contributed by atoms with Gasteiger partial charge in [0.15, 0.2) is 0 Å². The van der Waals surface area contributed by atoms with Gasteiger partial charge in [-0.2, -0.15) is 96.2 Å². The molecule has 0 fully saturated rings. The number of hydrogen-bond acceptors (Lipinski definition) is 2. The van der Waals surface area contributed by atoms with Gasteiger partial charge in [-0.15, -0.1) is 0 Å². The van der Waals surface area contributed by atoms with Crippen molar-refractivity contribution >= 4 is 10.1 Å². The van der Waals surface area contributed by atoms with E-state index >= 15 is 0 Å². The molecule has 0 rings (SSSR count). The fourth-order valence-electron chi connectivity index (χ4n) is 1.74. The van der Waals surface area contributed by atoms with Gasteiger partial charge in [0.05, 0.1) is 0 Å². The maximum absolute atomic E-state index is 13.4. The average molecular weight is 612 g/mol. The van der Waals surface area contributed by atoms with Gasteiger partial charge in [-0.3, -0.25) is 4.55 Å². The second-order valence-electron chi connectivity index (χ2n) is 6.16. The van der Waals surface area contributed by atoms with Crippen LogP contribution in [0.25, 0.3) is 0 Å². The topological polar surface area (TPSA) is 54.4 Å². The van der Waals surface area contributed by atoms with E-state index < -0.39 is 74.7 Å². The van der Waals surface area contributed by atoms with Crippen molar-refractivity contribution in [3.63, 3.8) is 0 Å². The Balaban J connectivity index is 7.23. The van der Waals surface area contributed by atoms with Gasteiger partial charge < -0.3 is 0 Å². The molecule has 0 aliphatic rings. The van der Waals surface area contributed by atoms with Crippen LogP contribution in [0, 0.1) is 0 Å². The second-order valence-corrected chi connectivity index (χ2v) is 7.46. The summed E-state index contributed by atoms with van der Waals surface area (Å²) in [5, 5.41) is -4.60. The first-order valence-electron chi connectivity index (χ1n) is 7.19. The van der Waals surface area contributed by atoms with Crippen molar-refractivity contribution in [1.29, 1.82) is 0 Å². The first-order valence-corrected chi connectivity index (χ1v) is 8.63. The number of hydrogen-bond donors (Lipinski definition) is 1. The molecule has 25 heteroatoms. The number of allylic oxidation sites excluding steroid dienone is 1. The highest BCUT2D eigenvalue weighted by molar-refractivity contribution is 7.89. The summed E-state index contributed by atoms with van der Waals surface area (Å²) in [6.07, 6.45) is -8.06. The molecule has 0 aromatic rings. The van der Waals surface area contributed by atoms with Gasteiger partial charge in [0.25, 0.3) is 5.16 Å². The Morgan fingerprint density at radius 3 is 0.889 bits per heavy atom. The van der Waals surface area contributed by atoms with E-state index in [9.17, 15) is 101 Å². The maximum atomic E-state index is 13.4. The lowest BCUT2D eigenvalue weighted by Crippen LogP contribution is -2.75. The van der Waals surface area contributed by atoms with E-state index in [1.54, 1.807) is 0 Å². The van der Waals surface area contributed by atoms with E-state index in [2.05, 4.69) is 0 Å². The molecule has 0 unspecified atom stereocenters. The van der Waals surface area contributed by atoms with Crippen LogP contribution in [0.1, 0.15) is 0 Å². The molecule has 0 radical (unpaired) electrons. The Bertz CT molecular complexity index is 987. The van der Waals surface area contributed by atoms with Crippen LogP contribution < -0.4 is 0 Å². The Morgan fingerprint density at radius 2 is 0.667 bits per heavy atom. The van der Waals surface area contributed by atoms with Crippen molar-refractivity contribution in [2.45, 2.75) is 53.6 Å². The van der Waals surface area contributed by atoms with Gasteiger partial charge in [0.1, 0.15) is 0 Å². The summed E-state index contributed by atoms with van der Waals surface area (Å²) >= 11 is 0. The molecular formula is C11HF21O3S. The van der Waals surface area contributed by atoms with Gasteiger partial charge >= 0.3 is 63.7 Å². The molecule has 36 heavy (non-hydrogen) atoms. The summed E-state index contributed by atoms with van der Waals surface area (Å²) in [4.78, 5) is 0. The smallest absolute Gasteiger partial charge is 0.280 e. The third-order valence-electron chi connectivity index (χ3n) is 3.79. The Hall–Kier alpha value is -1.82. The molecule has 0 spiro atoms. The molecule has 0 atom stereocenters. The first-order chi connectivity index (χ1) is 15.1. The monoisotopic (exact) mass is 612 g/mol. The quantitative estimate of drug-likeness (QED) is 0.235. The van der Waals surface area contributed by atoms with Crippen molar-refractivity contribution in [2.24, 2.45) is 0 Å². The predicted octanol–water partition coefficient (Wildman–Crippen LogP) is 6.63. The van der Waals surface area contributed by atoms with Gasteiger partial charge in [0, 0.05) is 0 Å². The average Bonchev–Trinajstić information content (AvgIpc) is 2.63. The molecule has 0 amide bonds. The molecule has 0 aliphatic heterocycles. The van der Waals surface area contributed by atoms with Crippen LogP contribution in [0.15, 0.2) is 11.0 Å². The van der Waals surface area contributed by atoms with Gasteiger partial charge in [0.2, 0.25) is 5.83 Å². The summed E-state index contributed by atoms with van der Waals surface area (Å²) in [5.41, 5.74) is 0. The number of alkyl halides is 19. The zero-order valence-electron chi connectivity index (χ0n) is 15.1. The van der Waals surface area contributed by atoms with Crippen LogP contribution in [0.2, 0.25) is 0 Å².